The highest BCUT2D eigenvalue weighted by atomic mass is 16.2. The maximum absolute atomic E-state index is 11.8. The largest absolute Gasteiger partial charge is 0.342 e. The van der Waals surface area contributed by atoms with Crippen molar-refractivity contribution in [3.63, 3.8) is 0 Å². The molecule has 0 saturated carbocycles. The molecule has 2 rings (SSSR count). The van der Waals surface area contributed by atoms with E-state index in [4.69, 9.17) is 0 Å². The van der Waals surface area contributed by atoms with E-state index < -0.39 is 0 Å². The number of hydrogen-bond acceptors (Lipinski definition) is 2. The molecular weight excluding hydrogens is 238 g/mol. The summed E-state index contributed by atoms with van der Waals surface area (Å²) < 4.78 is 0. The van der Waals surface area contributed by atoms with Crippen LogP contribution < -0.4 is 5.32 Å². The maximum Gasteiger partial charge on any atom is 0.231 e. The van der Waals surface area contributed by atoms with Crippen LogP contribution in [0.4, 0.5) is 5.69 Å². The zero-order valence-electron chi connectivity index (χ0n) is 11.6. The van der Waals surface area contributed by atoms with Gasteiger partial charge in [0.05, 0.1) is 11.6 Å². The number of nitrogens with zero attached hydrogens (tertiary/aromatic N) is 2. The van der Waals surface area contributed by atoms with Crippen LogP contribution in [0.15, 0.2) is 35.3 Å². The predicted molar refractivity (Wildman–Crippen MR) is 77.3 cm³/mol. The maximum atomic E-state index is 11.8. The minimum absolute atomic E-state index is 0.0200. The molecular formula is C15H21N3O. The van der Waals surface area contributed by atoms with Crippen LogP contribution >= 0.6 is 0 Å². The molecule has 4 heteroatoms. The molecule has 102 valence electrons. The van der Waals surface area contributed by atoms with Crippen LogP contribution in [0, 0.1) is 5.92 Å². The summed E-state index contributed by atoms with van der Waals surface area (Å²) in [6.07, 6.45) is 2.24. The minimum Gasteiger partial charge on any atom is -0.342 e. The van der Waals surface area contributed by atoms with Gasteiger partial charge in [-0.15, -0.1) is 0 Å². The van der Waals surface area contributed by atoms with E-state index in [-0.39, 0.29) is 11.8 Å². The summed E-state index contributed by atoms with van der Waals surface area (Å²) in [5.74, 6) is 0.761. The van der Waals surface area contributed by atoms with Gasteiger partial charge in [-0.25, -0.2) is 4.99 Å². The van der Waals surface area contributed by atoms with Crippen molar-refractivity contribution >= 4 is 17.6 Å². The van der Waals surface area contributed by atoms with Gasteiger partial charge in [0.25, 0.3) is 0 Å². The van der Waals surface area contributed by atoms with E-state index in [0.717, 1.165) is 31.6 Å². The molecule has 1 aliphatic rings. The van der Waals surface area contributed by atoms with Gasteiger partial charge < -0.3 is 4.90 Å². The molecule has 1 aromatic carbocycles. The van der Waals surface area contributed by atoms with E-state index >= 15 is 0 Å². The van der Waals surface area contributed by atoms with Crippen molar-refractivity contribution in [2.75, 3.05) is 13.1 Å². The van der Waals surface area contributed by atoms with Gasteiger partial charge in [-0.2, -0.15) is 0 Å². The van der Waals surface area contributed by atoms with Gasteiger partial charge in [0.15, 0.2) is 0 Å². The Morgan fingerprint density at radius 2 is 2.11 bits per heavy atom. The number of unbranched alkanes of at least 4 members (excludes halogenated alkanes) is 1. The van der Waals surface area contributed by atoms with Crippen LogP contribution in [0.25, 0.3) is 0 Å². The van der Waals surface area contributed by atoms with E-state index in [2.05, 4.69) is 22.1 Å². The fourth-order valence-electron chi connectivity index (χ4n) is 2.08. The fraction of sp³-hybridized carbons (Fsp3) is 0.467. The second-order valence-electron chi connectivity index (χ2n) is 4.96. The summed E-state index contributed by atoms with van der Waals surface area (Å²) in [5.41, 5.74) is 0.869. The summed E-state index contributed by atoms with van der Waals surface area (Å²) in [5, 5.41) is 2.91. The normalized spacial score (nSPS) is 21.6. The highest BCUT2D eigenvalue weighted by molar-refractivity contribution is 6.01. The predicted octanol–water partition coefficient (Wildman–Crippen LogP) is 2.54. The Kier molecular flexibility index (Phi) is 4.55. The van der Waals surface area contributed by atoms with Crippen LogP contribution in [-0.4, -0.2) is 29.9 Å². The molecule has 1 aliphatic heterocycles. The molecule has 1 fully saturated rings. The van der Waals surface area contributed by atoms with Gasteiger partial charge in [-0.1, -0.05) is 38.5 Å². The van der Waals surface area contributed by atoms with Gasteiger partial charge in [-0.3, -0.25) is 10.1 Å². The van der Waals surface area contributed by atoms with Crippen molar-refractivity contribution in [3.05, 3.63) is 30.3 Å². The lowest BCUT2D eigenvalue weighted by Gasteiger charge is -2.33. The third kappa shape index (κ3) is 3.56. The number of carbonyl (C=O) groups excluding carboxylic acids is 1. The summed E-state index contributed by atoms with van der Waals surface area (Å²) in [6, 6.07) is 9.73. The first-order valence-electron chi connectivity index (χ1n) is 6.90. The molecule has 1 atom stereocenters. The molecule has 1 heterocycles. The van der Waals surface area contributed by atoms with Crippen LogP contribution in [0.5, 0.6) is 0 Å². The molecule has 0 radical (unpaired) electrons. The Hall–Kier alpha value is -1.84. The quantitative estimate of drug-likeness (QED) is 0.903. The van der Waals surface area contributed by atoms with Gasteiger partial charge >= 0.3 is 0 Å². The van der Waals surface area contributed by atoms with E-state index in [9.17, 15) is 4.79 Å². The minimum atomic E-state index is 0.0200. The average molecular weight is 259 g/mol. The SMILES string of the molecule is CCCCN1CC(C)C(=O)NC1=Nc1ccccc1. The lowest BCUT2D eigenvalue weighted by molar-refractivity contribution is -0.124. The third-order valence-corrected chi connectivity index (χ3v) is 3.25. The molecule has 1 N–H and O–H groups in total. The number of aliphatic imine (C=N–C) groups is 1. The molecule has 1 amide bonds. The second-order valence-corrected chi connectivity index (χ2v) is 4.96. The first-order valence-corrected chi connectivity index (χ1v) is 6.90. The topological polar surface area (TPSA) is 44.7 Å². The summed E-state index contributed by atoms with van der Waals surface area (Å²) in [4.78, 5) is 18.5. The summed E-state index contributed by atoms with van der Waals surface area (Å²) >= 11 is 0. The molecule has 0 aliphatic carbocycles. The Morgan fingerprint density at radius 1 is 1.37 bits per heavy atom. The molecule has 19 heavy (non-hydrogen) atoms. The molecule has 1 aromatic rings. The lowest BCUT2D eigenvalue weighted by atomic mass is 10.1. The van der Waals surface area contributed by atoms with Crippen molar-refractivity contribution in [2.45, 2.75) is 26.7 Å². The number of amides is 1. The first-order chi connectivity index (χ1) is 9.20. The van der Waals surface area contributed by atoms with Crippen molar-refractivity contribution in [3.8, 4) is 0 Å². The lowest BCUT2D eigenvalue weighted by Crippen LogP contribution is -2.54. The van der Waals surface area contributed by atoms with E-state index in [1.165, 1.54) is 0 Å². The Balaban J connectivity index is 2.18. The van der Waals surface area contributed by atoms with Crippen molar-refractivity contribution in [2.24, 2.45) is 10.9 Å². The number of guanidine groups is 1. The summed E-state index contributed by atoms with van der Waals surface area (Å²) in [7, 11) is 0. The van der Waals surface area contributed by atoms with E-state index in [0.29, 0.717) is 5.96 Å². The molecule has 0 aromatic heterocycles. The van der Waals surface area contributed by atoms with Crippen molar-refractivity contribution < 1.29 is 4.79 Å². The zero-order chi connectivity index (χ0) is 13.7. The number of hydrogen-bond donors (Lipinski definition) is 1. The van der Waals surface area contributed by atoms with Crippen molar-refractivity contribution in [1.29, 1.82) is 0 Å². The smallest absolute Gasteiger partial charge is 0.231 e. The standard InChI is InChI=1S/C15H21N3O/c1-3-4-10-18-11-12(2)14(19)17-15(18)16-13-8-6-5-7-9-13/h5-9,12H,3-4,10-11H2,1-2H3,(H,16,17,19). The monoisotopic (exact) mass is 259 g/mol. The number of benzene rings is 1. The van der Waals surface area contributed by atoms with Crippen molar-refractivity contribution in [1.82, 2.24) is 10.2 Å². The first kappa shape index (κ1) is 13.6. The Morgan fingerprint density at radius 3 is 2.79 bits per heavy atom. The van der Waals surface area contributed by atoms with Gasteiger partial charge in [0.2, 0.25) is 11.9 Å². The number of carbonyl (C=O) groups is 1. The highest BCUT2D eigenvalue weighted by Gasteiger charge is 2.27. The Labute approximate surface area is 114 Å². The Bertz CT molecular complexity index is 456. The molecule has 4 nitrogen and oxygen atoms in total. The molecule has 1 unspecified atom stereocenters. The zero-order valence-corrected chi connectivity index (χ0v) is 11.6. The van der Waals surface area contributed by atoms with Crippen LogP contribution in [0.2, 0.25) is 0 Å². The highest BCUT2D eigenvalue weighted by Crippen LogP contribution is 2.14. The van der Waals surface area contributed by atoms with Gasteiger partial charge in [0.1, 0.15) is 0 Å². The number of rotatable bonds is 4. The van der Waals surface area contributed by atoms with Crippen LogP contribution in [0.1, 0.15) is 26.7 Å². The van der Waals surface area contributed by atoms with E-state index in [1.807, 2.05) is 37.3 Å². The second kappa shape index (κ2) is 6.36. The van der Waals surface area contributed by atoms with Gasteiger partial charge in [-0.05, 0) is 18.6 Å². The third-order valence-electron chi connectivity index (χ3n) is 3.25. The number of para-hydroxylation sites is 1. The van der Waals surface area contributed by atoms with E-state index in [1.54, 1.807) is 0 Å². The van der Waals surface area contributed by atoms with Gasteiger partial charge in [0, 0.05) is 13.1 Å². The average Bonchev–Trinajstić information content (AvgIpc) is 2.42. The van der Waals surface area contributed by atoms with Crippen LogP contribution in [-0.2, 0) is 4.79 Å². The molecule has 1 saturated heterocycles. The number of nitrogens with one attached hydrogen (secondary N) is 1. The van der Waals surface area contributed by atoms with Crippen LogP contribution in [0.3, 0.4) is 0 Å². The summed E-state index contributed by atoms with van der Waals surface area (Å²) in [6.45, 7) is 5.80. The molecule has 0 bridgehead atoms. The molecule has 0 spiro atoms. The fourth-order valence-corrected chi connectivity index (χ4v) is 2.08.